The third-order valence-corrected chi connectivity index (χ3v) is 7.61. The standard InChI is InChI=1S/C16H22BrN3O4S.HI/c1-16(2)9-20(4-5-25(16,21)22)15(18-3)19-8-11-6-12(17)14-13(7-11)23-10-24-14;/h6-7H,4-5,8-10H2,1-3H3,(H,18,19);1H. The quantitative estimate of drug-likeness (QED) is 0.340. The molecule has 0 amide bonds. The molecule has 3 rings (SSSR count). The van der Waals surface area contributed by atoms with Crippen LogP contribution in [0.2, 0.25) is 0 Å². The molecule has 146 valence electrons. The second kappa shape index (κ2) is 8.09. The van der Waals surface area contributed by atoms with Crippen LogP contribution < -0.4 is 14.8 Å². The number of hydrogen-bond acceptors (Lipinski definition) is 5. The van der Waals surface area contributed by atoms with Crippen molar-refractivity contribution in [2.75, 3.05) is 32.7 Å². The van der Waals surface area contributed by atoms with Crippen LogP contribution in [0.25, 0.3) is 0 Å². The van der Waals surface area contributed by atoms with E-state index in [1.807, 2.05) is 17.0 Å². The molecule has 0 atom stereocenters. The maximum absolute atomic E-state index is 12.2. The summed E-state index contributed by atoms with van der Waals surface area (Å²) in [5.74, 6) is 2.26. The largest absolute Gasteiger partial charge is 0.454 e. The van der Waals surface area contributed by atoms with E-state index in [9.17, 15) is 8.42 Å². The number of halogens is 2. The molecule has 0 aromatic heterocycles. The molecule has 0 bridgehead atoms. The molecule has 10 heteroatoms. The predicted octanol–water partition coefficient (Wildman–Crippen LogP) is 2.38. The number of nitrogens with zero attached hydrogens (tertiary/aromatic N) is 2. The fraction of sp³-hybridized carbons (Fsp3) is 0.562. The number of rotatable bonds is 2. The van der Waals surface area contributed by atoms with E-state index in [0.29, 0.717) is 31.3 Å². The summed E-state index contributed by atoms with van der Waals surface area (Å²) in [7, 11) is -1.37. The van der Waals surface area contributed by atoms with E-state index in [0.717, 1.165) is 15.8 Å². The summed E-state index contributed by atoms with van der Waals surface area (Å²) < 4.78 is 35.2. The third kappa shape index (κ3) is 4.22. The highest BCUT2D eigenvalue weighted by Crippen LogP contribution is 2.39. The lowest BCUT2D eigenvalue weighted by Gasteiger charge is -2.39. The second-order valence-electron chi connectivity index (χ2n) is 6.71. The average Bonchev–Trinajstić information content (AvgIpc) is 3.00. The van der Waals surface area contributed by atoms with Crippen LogP contribution in [-0.2, 0) is 16.4 Å². The van der Waals surface area contributed by atoms with Crippen LogP contribution in [0, 0.1) is 0 Å². The van der Waals surface area contributed by atoms with Gasteiger partial charge in [-0.05, 0) is 47.5 Å². The van der Waals surface area contributed by atoms with Crippen molar-refractivity contribution in [1.29, 1.82) is 0 Å². The van der Waals surface area contributed by atoms with Crippen LogP contribution in [0.1, 0.15) is 19.4 Å². The number of aliphatic imine (C=N–C) groups is 1. The van der Waals surface area contributed by atoms with Gasteiger partial charge in [-0.3, -0.25) is 4.99 Å². The van der Waals surface area contributed by atoms with E-state index >= 15 is 0 Å². The number of hydrogen-bond donors (Lipinski definition) is 1. The molecule has 0 spiro atoms. The SMILES string of the molecule is CN=C(NCc1cc(Br)c2c(c1)OCO2)N1CCS(=O)(=O)C(C)(C)C1.I. The summed E-state index contributed by atoms with van der Waals surface area (Å²) in [6.45, 7) is 5.15. The Labute approximate surface area is 179 Å². The predicted molar refractivity (Wildman–Crippen MR) is 115 cm³/mol. The van der Waals surface area contributed by atoms with Gasteiger partial charge in [0.1, 0.15) is 0 Å². The number of ether oxygens (including phenoxy) is 2. The van der Waals surface area contributed by atoms with Crippen molar-refractivity contribution in [1.82, 2.24) is 10.2 Å². The Hall–Kier alpha value is -0.750. The van der Waals surface area contributed by atoms with E-state index in [-0.39, 0.29) is 36.5 Å². The van der Waals surface area contributed by atoms with Gasteiger partial charge in [0.2, 0.25) is 6.79 Å². The molecular weight excluding hydrogens is 537 g/mol. The molecule has 0 aliphatic carbocycles. The number of sulfone groups is 1. The Kier molecular flexibility index (Phi) is 6.71. The lowest BCUT2D eigenvalue weighted by atomic mass is 10.2. The highest BCUT2D eigenvalue weighted by molar-refractivity contribution is 14.0. The third-order valence-electron chi connectivity index (χ3n) is 4.49. The minimum absolute atomic E-state index is 0. The monoisotopic (exact) mass is 559 g/mol. The van der Waals surface area contributed by atoms with Crippen molar-refractivity contribution in [2.45, 2.75) is 25.1 Å². The van der Waals surface area contributed by atoms with Gasteiger partial charge in [0, 0.05) is 26.7 Å². The van der Waals surface area contributed by atoms with Gasteiger partial charge in [-0.2, -0.15) is 0 Å². The smallest absolute Gasteiger partial charge is 0.231 e. The molecule has 7 nitrogen and oxygen atoms in total. The molecule has 2 aliphatic heterocycles. The Morgan fingerprint density at radius 3 is 2.77 bits per heavy atom. The molecule has 0 unspecified atom stereocenters. The van der Waals surface area contributed by atoms with Crippen LogP contribution in [-0.4, -0.2) is 56.7 Å². The molecule has 0 radical (unpaired) electrons. The van der Waals surface area contributed by atoms with E-state index in [2.05, 4.69) is 26.2 Å². The van der Waals surface area contributed by atoms with Gasteiger partial charge in [0.25, 0.3) is 0 Å². The summed E-state index contributed by atoms with van der Waals surface area (Å²) in [5, 5.41) is 3.30. The molecule has 0 saturated carbocycles. The first-order chi connectivity index (χ1) is 11.7. The maximum atomic E-state index is 12.2. The van der Waals surface area contributed by atoms with Crippen molar-refractivity contribution in [3.63, 3.8) is 0 Å². The van der Waals surface area contributed by atoms with Crippen molar-refractivity contribution < 1.29 is 17.9 Å². The molecule has 1 saturated heterocycles. The minimum atomic E-state index is -3.08. The highest BCUT2D eigenvalue weighted by atomic mass is 127. The lowest BCUT2D eigenvalue weighted by molar-refractivity contribution is 0.173. The zero-order valence-corrected chi connectivity index (χ0v) is 19.6. The minimum Gasteiger partial charge on any atom is -0.454 e. The summed E-state index contributed by atoms with van der Waals surface area (Å²) in [6, 6.07) is 3.90. The molecular formula is C16H23BrIN3O4S. The van der Waals surface area contributed by atoms with Gasteiger partial charge < -0.3 is 19.7 Å². The van der Waals surface area contributed by atoms with E-state index < -0.39 is 14.6 Å². The number of fused-ring (bicyclic) bond motifs is 1. The van der Waals surface area contributed by atoms with Gasteiger partial charge in [0.15, 0.2) is 27.3 Å². The lowest BCUT2D eigenvalue weighted by Crippen LogP contribution is -2.57. The van der Waals surface area contributed by atoms with Crippen LogP contribution in [0.15, 0.2) is 21.6 Å². The highest BCUT2D eigenvalue weighted by Gasteiger charge is 2.40. The molecule has 1 aromatic rings. The molecule has 1 N–H and O–H groups in total. The zero-order valence-electron chi connectivity index (χ0n) is 14.9. The van der Waals surface area contributed by atoms with Gasteiger partial charge in [-0.25, -0.2) is 8.42 Å². The van der Waals surface area contributed by atoms with E-state index in [1.54, 1.807) is 20.9 Å². The van der Waals surface area contributed by atoms with Crippen molar-refractivity contribution in [2.24, 2.45) is 4.99 Å². The first kappa shape index (κ1) is 21.5. The first-order valence-corrected chi connectivity index (χ1v) is 10.4. The van der Waals surface area contributed by atoms with Crippen molar-refractivity contribution in [3.05, 3.63) is 22.2 Å². The van der Waals surface area contributed by atoms with E-state index in [4.69, 9.17) is 9.47 Å². The number of nitrogens with one attached hydrogen (secondary N) is 1. The van der Waals surface area contributed by atoms with Gasteiger partial charge in [0.05, 0.1) is 15.0 Å². The van der Waals surface area contributed by atoms with Crippen molar-refractivity contribution in [3.8, 4) is 11.5 Å². The Balaban J connectivity index is 0.00000243. The topological polar surface area (TPSA) is 80.2 Å². The summed E-state index contributed by atoms with van der Waals surface area (Å²) in [5.41, 5.74) is 1.01. The summed E-state index contributed by atoms with van der Waals surface area (Å²) in [6.07, 6.45) is 0. The van der Waals surface area contributed by atoms with Gasteiger partial charge in [-0.1, -0.05) is 0 Å². The Bertz CT molecular complexity index is 814. The molecule has 1 fully saturated rings. The number of guanidine groups is 1. The first-order valence-electron chi connectivity index (χ1n) is 7.99. The Morgan fingerprint density at radius 2 is 2.12 bits per heavy atom. The van der Waals surface area contributed by atoms with Gasteiger partial charge >= 0.3 is 0 Å². The van der Waals surface area contributed by atoms with E-state index in [1.165, 1.54) is 0 Å². The summed E-state index contributed by atoms with van der Waals surface area (Å²) >= 11 is 3.49. The molecule has 1 aromatic carbocycles. The van der Waals surface area contributed by atoms with Gasteiger partial charge in [-0.15, -0.1) is 24.0 Å². The molecule has 2 aliphatic rings. The van der Waals surface area contributed by atoms with Crippen LogP contribution >= 0.6 is 39.9 Å². The van der Waals surface area contributed by atoms with Crippen LogP contribution in [0.3, 0.4) is 0 Å². The Morgan fingerprint density at radius 1 is 1.38 bits per heavy atom. The normalized spacial score (nSPS) is 20.5. The molecule has 2 heterocycles. The van der Waals surface area contributed by atoms with Crippen LogP contribution in [0.5, 0.6) is 11.5 Å². The van der Waals surface area contributed by atoms with Crippen molar-refractivity contribution >= 4 is 55.7 Å². The van der Waals surface area contributed by atoms with Crippen LogP contribution in [0.4, 0.5) is 0 Å². The maximum Gasteiger partial charge on any atom is 0.231 e. The summed E-state index contributed by atoms with van der Waals surface area (Å²) in [4.78, 5) is 6.29. The number of benzene rings is 1. The fourth-order valence-corrected chi connectivity index (χ4v) is 4.93. The molecule has 26 heavy (non-hydrogen) atoms. The fourth-order valence-electron chi connectivity index (χ4n) is 2.96. The zero-order chi connectivity index (χ0) is 18.2. The average molecular weight is 560 g/mol. The second-order valence-corrected chi connectivity index (χ2v) is 10.3.